The van der Waals surface area contributed by atoms with E-state index in [1.807, 2.05) is 6.92 Å². The number of carbonyl (C=O) groups excluding carboxylic acids is 1. The van der Waals surface area contributed by atoms with Gasteiger partial charge in [-0.2, -0.15) is 0 Å². The predicted octanol–water partition coefficient (Wildman–Crippen LogP) is 4.08. The van der Waals surface area contributed by atoms with Crippen LogP contribution < -0.4 is 0 Å². The van der Waals surface area contributed by atoms with Crippen LogP contribution in [0.5, 0.6) is 0 Å². The molecule has 0 fully saturated rings. The van der Waals surface area contributed by atoms with E-state index in [0.29, 0.717) is 6.61 Å². The van der Waals surface area contributed by atoms with E-state index < -0.39 is 9.04 Å². The zero-order valence-corrected chi connectivity index (χ0v) is 15.7. The van der Waals surface area contributed by atoms with Crippen LogP contribution in [0.2, 0.25) is 13.1 Å². The van der Waals surface area contributed by atoms with Gasteiger partial charge in [-0.15, -0.1) is 0 Å². The molecule has 0 heterocycles. The molecule has 1 rings (SSSR count). The average Bonchev–Trinajstić information content (AvgIpc) is 2.35. The fourth-order valence-corrected chi connectivity index (χ4v) is 3.98. The summed E-state index contributed by atoms with van der Waals surface area (Å²) in [6.07, 6.45) is 5.68. The fourth-order valence-electron chi connectivity index (χ4n) is 2.78. The van der Waals surface area contributed by atoms with E-state index in [0.717, 1.165) is 31.4 Å². The van der Waals surface area contributed by atoms with Gasteiger partial charge in [0.2, 0.25) is 0 Å². The summed E-state index contributed by atoms with van der Waals surface area (Å²) in [7, 11) is -1.05. The second kappa shape index (κ2) is 8.13. The summed E-state index contributed by atoms with van der Waals surface area (Å²) in [5, 5.41) is 0. The summed E-state index contributed by atoms with van der Waals surface area (Å²) < 4.78 is 11.6. The average molecular weight is 313 g/mol. The van der Waals surface area contributed by atoms with Crippen LogP contribution in [0.15, 0.2) is 11.8 Å². The molecule has 2 atom stereocenters. The lowest BCUT2D eigenvalue weighted by atomic mass is 9.82. The van der Waals surface area contributed by atoms with Gasteiger partial charge in [-0.25, -0.2) is 0 Å². The monoisotopic (exact) mass is 312 g/mol. The molecule has 0 saturated heterocycles. The largest absolute Gasteiger partial charge is 0.498 e. The quantitative estimate of drug-likeness (QED) is 0.664. The molecule has 0 radical (unpaired) electrons. The maximum Gasteiger partial charge on any atom is 0.171 e. The SMILES string of the molecule is CCOC1=CC(=O)C(CCC(O[SiH](C)C)C(C)(C)C)CC1. The van der Waals surface area contributed by atoms with Crippen LogP contribution in [-0.2, 0) is 14.0 Å². The smallest absolute Gasteiger partial charge is 0.171 e. The maximum absolute atomic E-state index is 12.2. The Kier molecular flexibility index (Phi) is 7.14. The molecule has 21 heavy (non-hydrogen) atoms. The molecule has 1 aliphatic rings. The van der Waals surface area contributed by atoms with Crippen molar-refractivity contribution in [3.05, 3.63) is 11.8 Å². The second-order valence-electron chi connectivity index (χ2n) is 7.30. The number of ketones is 1. The molecule has 0 bridgehead atoms. The summed E-state index contributed by atoms with van der Waals surface area (Å²) in [4.78, 5) is 12.2. The Morgan fingerprint density at radius 2 is 2.05 bits per heavy atom. The lowest BCUT2D eigenvalue weighted by molar-refractivity contribution is -0.119. The number of hydrogen-bond donors (Lipinski definition) is 0. The number of rotatable bonds is 7. The second-order valence-corrected chi connectivity index (χ2v) is 9.67. The Morgan fingerprint density at radius 1 is 1.38 bits per heavy atom. The van der Waals surface area contributed by atoms with E-state index in [9.17, 15) is 4.79 Å². The molecule has 4 heteroatoms. The van der Waals surface area contributed by atoms with Crippen molar-refractivity contribution >= 4 is 14.8 Å². The van der Waals surface area contributed by atoms with E-state index >= 15 is 0 Å². The summed E-state index contributed by atoms with van der Waals surface area (Å²) in [6, 6.07) is 0. The number of carbonyl (C=O) groups is 1. The normalized spacial score (nSPS) is 21.4. The zero-order chi connectivity index (χ0) is 16.0. The molecule has 0 spiro atoms. The van der Waals surface area contributed by atoms with E-state index in [-0.39, 0.29) is 23.2 Å². The highest BCUT2D eigenvalue weighted by atomic mass is 28.3. The third kappa shape index (κ3) is 6.35. The fraction of sp³-hybridized carbons (Fsp3) is 0.824. The van der Waals surface area contributed by atoms with Crippen LogP contribution in [0.4, 0.5) is 0 Å². The highest BCUT2D eigenvalue weighted by Gasteiger charge is 2.29. The molecular weight excluding hydrogens is 280 g/mol. The van der Waals surface area contributed by atoms with Gasteiger partial charge in [0.1, 0.15) is 0 Å². The Bertz CT molecular complexity index is 369. The molecule has 0 aromatic rings. The lowest BCUT2D eigenvalue weighted by Gasteiger charge is -2.34. The first-order chi connectivity index (χ1) is 9.74. The first-order valence-corrected chi connectivity index (χ1v) is 11.0. The van der Waals surface area contributed by atoms with Gasteiger partial charge in [0, 0.05) is 24.5 Å². The van der Waals surface area contributed by atoms with Gasteiger partial charge >= 0.3 is 0 Å². The molecule has 1 aliphatic carbocycles. The van der Waals surface area contributed by atoms with Gasteiger partial charge in [-0.1, -0.05) is 20.8 Å². The number of allylic oxidation sites excluding steroid dienone is 2. The Morgan fingerprint density at radius 3 is 2.52 bits per heavy atom. The van der Waals surface area contributed by atoms with Crippen molar-refractivity contribution in [1.82, 2.24) is 0 Å². The van der Waals surface area contributed by atoms with Crippen LogP contribution in [-0.4, -0.2) is 27.5 Å². The minimum absolute atomic E-state index is 0.140. The Hall–Kier alpha value is -0.613. The third-order valence-electron chi connectivity index (χ3n) is 3.95. The Labute approximate surface area is 131 Å². The van der Waals surface area contributed by atoms with Crippen molar-refractivity contribution < 1.29 is 14.0 Å². The van der Waals surface area contributed by atoms with Crippen molar-refractivity contribution in [2.45, 2.75) is 72.6 Å². The standard InChI is InChI=1S/C17H32O3Si/c1-7-19-14-10-8-13(15(18)12-14)9-11-16(17(2,3)4)20-21(5)6/h12-13,16,21H,7-11H2,1-6H3. The molecule has 0 amide bonds. The molecule has 0 aromatic carbocycles. The predicted molar refractivity (Wildman–Crippen MR) is 89.9 cm³/mol. The maximum atomic E-state index is 12.2. The van der Waals surface area contributed by atoms with Gasteiger partial charge < -0.3 is 9.16 Å². The van der Waals surface area contributed by atoms with Crippen molar-refractivity contribution in [3.63, 3.8) is 0 Å². The van der Waals surface area contributed by atoms with Crippen molar-refractivity contribution in [2.24, 2.45) is 11.3 Å². The van der Waals surface area contributed by atoms with Crippen LogP contribution >= 0.6 is 0 Å². The van der Waals surface area contributed by atoms with E-state index in [2.05, 4.69) is 33.9 Å². The van der Waals surface area contributed by atoms with E-state index in [1.165, 1.54) is 0 Å². The van der Waals surface area contributed by atoms with Gasteiger partial charge in [0.05, 0.1) is 12.4 Å². The van der Waals surface area contributed by atoms with Crippen LogP contribution in [0.3, 0.4) is 0 Å². The van der Waals surface area contributed by atoms with Crippen molar-refractivity contribution in [1.29, 1.82) is 0 Å². The van der Waals surface area contributed by atoms with Crippen LogP contribution in [0, 0.1) is 11.3 Å². The molecule has 0 saturated carbocycles. The topological polar surface area (TPSA) is 35.5 Å². The minimum Gasteiger partial charge on any atom is -0.498 e. The summed E-state index contributed by atoms with van der Waals surface area (Å²) in [6.45, 7) is 13.7. The minimum atomic E-state index is -1.05. The van der Waals surface area contributed by atoms with Gasteiger partial charge in [-0.05, 0) is 44.7 Å². The molecule has 0 N–H and O–H groups in total. The van der Waals surface area contributed by atoms with Gasteiger partial charge in [0.25, 0.3) is 0 Å². The molecular formula is C17H32O3Si. The first kappa shape index (κ1) is 18.4. The summed E-state index contributed by atoms with van der Waals surface area (Å²) in [5.74, 6) is 1.24. The van der Waals surface area contributed by atoms with E-state index in [1.54, 1.807) is 6.08 Å². The molecule has 0 aromatic heterocycles. The van der Waals surface area contributed by atoms with Crippen LogP contribution in [0.1, 0.15) is 53.4 Å². The highest BCUT2D eigenvalue weighted by Crippen LogP contribution is 2.31. The summed E-state index contributed by atoms with van der Waals surface area (Å²) >= 11 is 0. The Balaban J connectivity index is 2.55. The van der Waals surface area contributed by atoms with Gasteiger partial charge in [0.15, 0.2) is 14.8 Å². The first-order valence-electron chi connectivity index (χ1n) is 8.26. The van der Waals surface area contributed by atoms with Gasteiger partial charge in [-0.3, -0.25) is 4.79 Å². The molecule has 122 valence electrons. The van der Waals surface area contributed by atoms with Crippen molar-refractivity contribution in [3.8, 4) is 0 Å². The van der Waals surface area contributed by atoms with Crippen molar-refractivity contribution in [2.75, 3.05) is 6.61 Å². The third-order valence-corrected chi connectivity index (χ3v) is 4.83. The summed E-state index contributed by atoms with van der Waals surface area (Å²) in [5.41, 5.74) is 0.140. The zero-order valence-electron chi connectivity index (χ0n) is 14.6. The molecule has 2 unspecified atom stereocenters. The molecule has 3 nitrogen and oxygen atoms in total. The lowest BCUT2D eigenvalue weighted by Crippen LogP contribution is -2.34. The van der Waals surface area contributed by atoms with Crippen LogP contribution in [0.25, 0.3) is 0 Å². The number of hydrogen-bond acceptors (Lipinski definition) is 3. The number of ether oxygens (including phenoxy) is 1. The highest BCUT2D eigenvalue weighted by molar-refractivity contribution is 6.48. The van der Waals surface area contributed by atoms with E-state index in [4.69, 9.17) is 9.16 Å². The molecule has 0 aliphatic heterocycles.